The number of aromatic nitrogens is 2. The highest BCUT2D eigenvalue weighted by molar-refractivity contribution is 5.85. The molecule has 3 aliphatic rings. The summed E-state index contributed by atoms with van der Waals surface area (Å²) >= 11 is 0. The number of H-pyrrole nitrogens is 1. The smallest absolute Gasteiger partial charge is 0.266 e. The fraction of sp³-hybridized carbons (Fsp3) is 0.528. The predicted octanol–water partition coefficient (Wildman–Crippen LogP) is 2.22. The van der Waals surface area contributed by atoms with Crippen LogP contribution in [0.2, 0.25) is 0 Å². The van der Waals surface area contributed by atoms with Crippen LogP contribution in [-0.2, 0) is 22.6 Å². The topological polar surface area (TPSA) is 126 Å². The van der Waals surface area contributed by atoms with E-state index >= 15 is 0 Å². The molecule has 2 aliphatic heterocycles. The minimum atomic E-state index is -0.954. The maximum Gasteiger partial charge on any atom is 0.266 e. The number of nitrogens with zero attached hydrogens (tertiary/aromatic N) is 4. The van der Waals surface area contributed by atoms with E-state index in [1.807, 2.05) is 49.3 Å². The van der Waals surface area contributed by atoms with Crippen molar-refractivity contribution in [3.05, 3.63) is 66.0 Å². The summed E-state index contributed by atoms with van der Waals surface area (Å²) < 4.78 is 6.33. The van der Waals surface area contributed by atoms with E-state index in [2.05, 4.69) is 55.3 Å². The van der Waals surface area contributed by atoms with Crippen molar-refractivity contribution in [1.82, 2.24) is 20.0 Å². The van der Waals surface area contributed by atoms with E-state index in [4.69, 9.17) is 4.74 Å². The molecule has 3 fully saturated rings. The van der Waals surface area contributed by atoms with Crippen LogP contribution in [-0.4, -0.2) is 89.3 Å². The van der Waals surface area contributed by atoms with Crippen molar-refractivity contribution in [3.63, 3.8) is 0 Å². The number of benzene rings is 2. The molecule has 2 aromatic carbocycles. The van der Waals surface area contributed by atoms with Crippen LogP contribution >= 0.6 is 0 Å². The minimum Gasteiger partial charge on any atom is -0.478 e. The number of carbonyl (C=O) groups excluding carboxylic acids is 2. The molecular formula is C36H51N7O3+2. The molecule has 10 nitrogen and oxygen atoms in total. The number of ether oxygens (including phenoxy) is 1. The van der Waals surface area contributed by atoms with E-state index in [0.29, 0.717) is 24.9 Å². The molecule has 1 aliphatic carbocycles. The van der Waals surface area contributed by atoms with Gasteiger partial charge in [-0.05, 0) is 74.8 Å². The second kappa shape index (κ2) is 14.3. The maximum absolute atomic E-state index is 14.2. The summed E-state index contributed by atoms with van der Waals surface area (Å²) in [6, 6.07) is 15.0. The second-order valence-corrected chi connectivity index (χ2v) is 13.7. The number of aromatic amines is 1. The number of nitrogens with two attached hydrogens (primary N) is 1. The van der Waals surface area contributed by atoms with Crippen molar-refractivity contribution >= 4 is 17.5 Å². The average molecular weight is 630 g/mol. The lowest BCUT2D eigenvalue weighted by Crippen LogP contribution is -2.90. The molecule has 2 amide bonds. The Morgan fingerprint density at radius 2 is 1.89 bits per heavy atom. The van der Waals surface area contributed by atoms with Crippen LogP contribution in [0.5, 0.6) is 5.75 Å². The van der Waals surface area contributed by atoms with Crippen LogP contribution in [0.15, 0.2) is 54.9 Å². The number of hydrogen-bond donors (Lipinski definition) is 3. The zero-order chi connectivity index (χ0) is 32.1. The molecule has 2 saturated heterocycles. The van der Waals surface area contributed by atoms with Crippen molar-refractivity contribution < 1.29 is 25.4 Å². The quantitative estimate of drug-likeness (QED) is 0.283. The predicted molar refractivity (Wildman–Crippen MR) is 178 cm³/mol. The Bertz CT molecular complexity index is 1480. The van der Waals surface area contributed by atoms with Gasteiger partial charge in [-0.2, -0.15) is 5.10 Å². The normalized spacial score (nSPS) is 18.8. The summed E-state index contributed by atoms with van der Waals surface area (Å²) in [7, 11) is 0. The zero-order valence-corrected chi connectivity index (χ0v) is 27.5. The third-order valence-electron chi connectivity index (χ3n) is 9.68. The van der Waals surface area contributed by atoms with Gasteiger partial charge in [-0.25, -0.2) is 0 Å². The summed E-state index contributed by atoms with van der Waals surface area (Å²) in [4.78, 5) is 33.9. The number of nitrogens with one attached hydrogen (secondary N) is 1. The number of anilines is 1. The summed E-state index contributed by atoms with van der Waals surface area (Å²) in [6.07, 6.45) is 9.76. The Labute approximate surface area is 272 Å². The average Bonchev–Trinajstić information content (AvgIpc) is 3.78. The SMILES string of the molecule is CC(C)(Oc1cccc(N2CCC[C@@H](C(=O)N(Cc3ccc(-c4cn[nH]c4)cc3CCC[NH3+])C3CC3)C2)c1)C(=O)N1CC[NH2+]CC1. The Kier molecular flexibility index (Phi) is 9.94. The molecule has 46 heavy (non-hydrogen) atoms. The van der Waals surface area contributed by atoms with Crippen LogP contribution in [0, 0.1) is 5.92 Å². The van der Waals surface area contributed by atoms with Crippen LogP contribution in [0.3, 0.4) is 0 Å². The molecule has 1 atom stereocenters. The number of amides is 2. The van der Waals surface area contributed by atoms with Crippen molar-refractivity contribution in [2.75, 3.05) is 50.7 Å². The number of quaternary nitrogens is 2. The highest BCUT2D eigenvalue weighted by Gasteiger charge is 2.38. The molecule has 1 saturated carbocycles. The van der Waals surface area contributed by atoms with Crippen molar-refractivity contribution in [1.29, 1.82) is 0 Å². The van der Waals surface area contributed by atoms with Crippen molar-refractivity contribution in [3.8, 4) is 16.9 Å². The van der Waals surface area contributed by atoms with Gasteiger partial charge in [0, 0.05) is 55.6 Å². The first-order chi connectivity index (χ1) is 22.3. The second-order valence-electron chi connectivity index (χ2n) is 13.7. The molecule has 6 N–H and O–H groups in total. The summed E-state index contributed by atoms with van der Waals surface area (Å²) in [5.41, 5.74) is 8.89. The fourth-order valence-corrected chi connectivity index (χ4v) is 6.94. The van der Waals surface area contributed by atoms with E-state index in [-0.39, 0.29) is 17.7 Å². The third kappa shape index (κ3) is 7.56. The Hall–Kier alpha value is -3.89. The molecule has 0 spiro atoms. The van der Waals surface area contributed by atoms with E-state index in [9.17, 15) is 9.59 Å². The molecule has 3 aromatic rings. The van der Waals surface area contributed by atoms with Gasteiger partial charge in [0.2, 0.25) is 5.91 Å². The number of piperazine rings is 1. The number of piperidine rings is 1. The van der Waals surface area contributed by atoms with Gasteiger partial charge >= 0.3 is 0 Å². The fourth-order valence-electron chi connectivity index (χ4n) is 6.94. The van der Waals surface area contributed by atoms with E-state index in [0.717, 1.165) is 94.6 Å². The lowest BCUT2D eigenvalue weighted by atomic mass is 9.94. The number of carbonyl (C=O) groups is 2. The molecular weight excluding hydrogens is 578 g/mol. The van der Waals surface area contributed by atoms with Crippen LogP contribution < -0.4 is 20.7 Å². The van der Waals surface area contributed by atoms with Crippen molar-refractivity contribution in [2.45, 2.75) is 70.6 Å². The van der Waals surface area contributed by atoms with Crippen molar-refractivity contribution in [2.24, 2.45) is 5.92 Å². The van der Waals surface area contributed by atoms with Gasteiger partial charge in [0.15, 0.2) is 5.60 Å². The highest BCUT2D eigenvalue weighted by atomic mass is 16.5. The molecule has 246 valence electrons. The molecule has 6 rings (SSSR count). The summed E-state index contributed by atoms with van der Waals surface area (Å²) in [6.45, 7) is 10.2. The number of rotatable bonds is 12. The highest BCUT2D eigenvalue weighted by Crippen LogP contribution is 2.34. The van der Waals surface area contributed by atoms with Gasteiger partial charge in [-0.15, -0.1) is 0 Å². The van der Waals surface area contributed by atoms with E-state index in [1.165, 1.54) is 11.1 Å². The van der Waals surface area contributed by atoms with Gasteiger partial charge in [0.05, 0.1) is 44.8 Å². The van der Waals surface area contributed by atoms with Gasteiger partial charge in [-0.3, -0.25) is 14.7 Å². The standard InChI is InChI=1S/C36H49N7O3/c1-36(2,35(45)41-18-15-38-16-19-41)46-33-9-3-8-32(21-33)42-17-5-7-29(24-42)34(44)43(31-12-13-31)25-28-11-10-27(30-22-39-40-23-30)20-26(28)6-4-14-37/h3,8-11,20-23,29,31,38H,4-7,12-19,24-25,37H2,1-2H3,(H,39,40)/p+2/t29-/m1/s1. The Morgan fingerprint density at radius 3 is 2.63 bits per heavy atom. The lowest BCUT2D eigenvalue weighted by molar-refractivity contribution is -0.662. The minimum absolute atomic E-state index is 0.0282. The Balaban J connectivity index is 1.14. The van der Waals surface area contributed by atoms with Gasteiger partial charge < -0.3 is 30.5 Å². The summed E-state index contributed by atoms with van der Waals surface area (Å²) in [5.74, 6) is 0.926. The molecule has 0 unspecified atom stereocenters. The molecule has 10 heteroatoms. The lowest BCUT2D eigenvalue weighted by Gasteiger charge is -2.37. The molecule has 1 aromatic heterocycles. The van der Waals surface area contributed by atoms with Crippen LogP contribution in [0.25, 0.3) is 11.1 Å². The Morgan fingerprint density at radius 1 is 1.07 bits per heavy atom. The number of aryl methyl sites for hydroxylation is 1. The first-order valence-corrected chi connectivity index (χ1v) is 17.2. The molecule has 0 bridgehead atoms. The number of hydrogen-bond acceptors (Lipinski definition) is 5. The maximum atomic E-state index is 14.2. The first-order valence-electron chi connectivity index (χ1n) is 17.2. The molecule has 3 heterocycles. The van der Waals surface area contributed by atoms with E-state index < -0.39 is 5.60 Å². The van der Waals surface area contributed by atoms with Crippen LogP contribution in [0.4, 0.5) is 5.69 Å². The van der Waals surface area contributed by atoms with Gasteiger partial charge in [0.1, 0.15) is 5.75 Å². The largest absolute Gasteiger partial charge is 0.478 e. The van der Waals surface area contributed by atoms with Gasteiger partial charge in [-0.1, -0.05) is 24.3 Å². The van der Waals surface area contributed by atoms with Gasteiger partial charge in [0.25, 0.3) is 5.91 Å². The first kappa shape index (κ1) is 32.1. The third-order valence-corrected chi connectivity index (χ3v) is 9.68. The van der Waals surface area contributed by atoms with E-state index in [1.54, 1.807) is 0 Å². The monoisotopic (exact) mass is 629 g/mol. The van der Waals surface area contributed by atoms with Crippen LogP contribution in [0.1, 0.15) is 57.1 Å². The zero-order valence-electron chi connectivity index (χ0n) is 27.5. The molecule has 0 radical (unpaired) electrons. The summed E-state index contributed by atoms with van der Waals surface area (Å²) in [5, 5.41) is 9.28.